The summed E-state index contributed by atoms with van der Waals surface area (Å²) < 4.78 is 6.55. The Balaban J connectivity index is 2.43. The molecule has 3 heteroatoms. The zero-order valence-electron chi connectivity index (χ0n) is 15.2. The summed E-state index contributed by atoms with van der Waals surface area (Å²) in [5.41, 5.74) is 1.95. The molecule has 0 saturated heterocycles. The van der Waals surface area contributed by atoms with Crippen LogP contribution in [0, 0.1) is 5.92 Å². The van der Waals surface area contributed by atoms with Gasteiger partial charge >= 0.3 is 0 Å². The highest BCUT2D eigenvalue weighted by molar-refractivity contribution is 6.77. The Labute approximate surface area is 133 Å². The molecule has 1 saturated carbocycles. The minimum Gasteiger partial charge on any atom is -0.416 e. The van der Waals surface area contributed by atoms with Crippen LogP contribution in [0.2, 0.25) is 16.6 Å². The van der Waals surface area contributed by atoms with Crippen LogP contribution in [0.15, 0.2) is 0 Å². The van der Waals surface area contributed by atoms with Gasteiger partial charge in [0.1, 0.15) is 0 Å². The summed E-state index contributed by atoms with van der Waals surface area (Å²) in [6.07, 6.45) is 6.91. The predicted molar refractivity (Wildman–Crippen MR) is 94.2 cm³/mol. The number of hydrogen-bond donors (Lipinski definition) is 1. The molecule has 1 rings (SSSR count). The summed E-state index contributed by atoms with van der Waals surface area (Å²) in [5.74, 6) is 0.562. The molecule has 0 aromatic rings. The van der Waals surface area contributed by atoms with Gasteiger partial charge in [-0.1, -0.05) is 54.4 Å². The van der Waals surface area contributed by atoms with Crippen molar-refractivity contribution in [2.24, 2.45) is 5.92 Å². The van der Waals surface area contributed by atoms with Crippen LogP contribution in [-0.4, -0.2) is 26.1 Å². The maximum Gasteiger partial charge on any atom is 0.200 e. The number of hydrogen-bond acceptors (Lipinski definition) is 2. The molecule has 1 aliphatic rings. The summed E-state index contributed by atoms with van der Waals surface area (Å²) in [6.45, 7) is 14.8. The van der Waals surface area contributed by atoms with Crippen LogP contribution < -0.4 is 0 Å². The lowest BCUT2D eigenvalue weighted by molar-refractivity contribution is 0.0934. The quantitative estimate of drug-likeness (QED) is 0.449. The highest BCUT2D eigenvalue weighted by atomic mass is 28.4. The molecule has 1 atom stereocenters. The fraction of sp³-hybridized carbons (Fsp3) is 1.00. The van der Waals surface area contributed by atoms with Gasteiger partial charge in [0.05, 0.1) is 6.10 Å². The second-order valence-corrected chi connectivity index (χ2v) is 13.4. The van der Waals surface area contributed by atoms with Gasteiger partial charge in [-0.15, -0.1) is 0 Å². The van der Waals surface area contributed by atoms with E-state index in [1.54, 1.807) is 0 Å². The summed E-state index contributed by atoms with van der Waals surface area (Å²) in [5, 5.41) is 10.3. The third kappa shape index (κ3) is 4.80. The lowest BCUT2D eigenvalue weighted by Gasteiger charge is -2.42. The molecular formula is C18H38O2Si. The molecular weight excluding hydrogens is 276 g/mol. The lowest BCUT2D eigenvalue weighted by atomic mass is 9.97. The molecule has 0 heterocycles. The van der Waals surface area contributed by atoms with Crippen molar-refractivity contribution < 1.29 is 9.53 Å². The van der Waals surface area contributed by atoms with Crippen molar-refractivity contribution in [3.05, 3.63) is 0 Å². The summed E-state index contributed by atoms with van der Waals surface area (Å²) in [6, 6.07) is 0. The Morgan fingerprint density at radius 1 is 0.952 bits per heavy atom. The summed E-state index contributed by atoms with van der Waals surface area (Å²) >= 11 is 0. The Kier molecular flexibility index (Phi) is 7.94. The maximum atomic E-state index is 10.3. The zero-order valence-corrected chi connectivity index (χ0v) is 16.2. The number of rotatable bonds is 9. The van der Waals surface area contributed by atoms with E-state index in [1.165, 1.54) is 25.7 Å². The molecule has 0 spiro atoms. The van der Waals surface area contributed by atoms with Crippen molar-refractivity contribution in [1.29, 1.82) is 0 Å². The molecule has 126 valence electrons. The van der Waals surface area contributed by atoms with E-state index >= 15 is 0 Å². The number of aliphatic hydroxyl groups excluding tert-OH is 1. The van der Waals surface area contributed by atoms with Crippen molar-refractivity contribution in [1.82, 2.24) is 0 Å². The first-order valence-corrected chi connectivity index (χ1v) is 11.3. The Hall–Kier alpha value is 0.137. The Bertz CT molecular complexity index is 261. The average molecular weight is 315 g/mol. The van der Waals surface area contributed by atoms with Crippen LogP contribution in [0.5, 0.6) is 0 Å². The Morgan fingerprint density at radius 2 is 1.43 bits per heavy atom. The van der Waals surface area contributed by atoms with E-state index in [4.69, 9.17) is 4.43 Å². The highest BCUT2D eigenvalue weighted by Gasteiger charge is 2.44. The van der Waals surface area contributed by atoms with Crippen LogP contribution in [0.1, 0.15) is 80.1 Å². The smallest absolute Gasteiger partial charge is 0.200 e. The van der Waals surface area contributed by atoms with Gasteiger partial charge in [-0.05, 0) is 48.2 Å². The van der Waals surface area contributed by atoms with Crippen LogP contribution in [0.25, 0.3) is 0 Å². The molecule has 0 amide bonds. The molecule has 2 nitrogen and oxygen atoms in total. The van der Waals surface area contributed by atoms with Crippen LogP contribution in [0.4, 0.5) is 0 Å². The maximum absolute atomic E-state index is 10.3. The van der Waals surface area contributed by atoms with E-state index in [0.29, 0.717) is 22.5 Å². The fourth-order valence-electron chi connectivity index (χ4n) is 4.62. The van der Waals surface area contributed by atoms with Gasteiger partial charge in [-0.3, -0.25) is 0 Å². The Morgan fingerprint density at radius 3 is 1.86 bits per heavy atom. The van der Waals surface area contributed by atoms with Crippen molar-refractivity contribution in [3.63, 3.8) is 0 Å². The van der Waals surface area contributed by atoms with E-state index < -0.39 is 8.32 Å². The van der Waals surface area contributed by atoms with Gasteiger partial charge in [0.15, 0.2) is 8.32 Å². The first-order chi connectivity index (χ1) is 9.82. The van der Waals surface area contributed by atoms with E-state index in [9.17, 15) is 5.11 Å². The third-order valence-corrected chi connectivity index (χ3v) is 11.8. The van der Waals surface area contributed by atoms with Crippen molar-refractivity contribution in [2.75, 3.05) is 6.61 Å². The summed E-state index contributed by atoms with van der Waals surface area (Å²) in [4.78, 5) is 0. The van der Waals surface area contributed by atoms with Gasteiger partial charge in [0, 0.05) is 6.61 Å². The molecule has 0 aromatic carbocycles. The monoisotopic (exact) mass is 314 g/mol. The minimum absolute atomic E-state index is 0.0932. The average Bonchev–Trinajstić information content (AvgIpc) is 2.90. The van der Waals surface area contributed by atoms with Crippen LogP contribution in [0.3, 0.4) is 0 Å². The fourth-order valence-corrected chi connectivity index (χ4v) is 10.1. The molecule has 1 unspecified atom stereocenters. The van der Waals surface area contributed by atoms with E-state index in [0.717, 1.165) is 19.4 Å². The molecule has 1 N–H and O–H groups in total. The van der Waals surface area contributed by atoms with Gasteiger partial charge in [0.2, 0.25) is 0 Å². The normalized spacial score (nSPS) is 19.1. The third-order valence-electron chi connectivity index (χ3n) is 5.65. The molecule has 21 heavy (non-hydrogen) atoms. The standard InChI is InChI=1S/C18H38O2Si/c1-14(2)21(15(3)4,16(5)6)20-13-9-12-18(19)17-10-7-8-11-17/h14-19H,7-13H2,1-6H3. The van der Waals surface area contributed by atoms with Crippen LogP contribution in [-0.2, 0) is 4.43 Å². The SMILES string of the molecule is CC(C)[Si](OCCCC(O)C1CCCC1)(C(C)C)C(C)C. The predicted octanol–water partition coefficient (Wildman–Crippen LogP) is 5.51. The zero-order chi connectivity index (χ0) is 16.0. The first kappa shape index (κ1) is 19.2. The number of aliphatic hydroxyl groups is 1. The minimum atomic E-state index is -1.71. The van der Waals surface area contributed by atoms with Gasteiger partial charge in [-0.2, -0.15) is 0 Å². The van der Waals surface area contributed by atoms with E-state index in [-0.39, 0.29) is 6.10 Å². The van der Waals surface area contributed by atoms with Crippen molar-refractivity contribution in [2.45, 2.75) is 103 Å². The van der Waals surface area contributed by atoms with E-state index in [1.807, 2.05) is 0 Å². The second-order valence-electron chi connectivity index (χ2n) is 7.92. The second kappa shape index (κ2) is 8.69. The van der Waals surface area contributed by atoms with E-state index in [2.05, 4.69) is 41.5 Å². The molecule has 1 aliphatic carbocycles. The van der Waals surface area contributed by atoms with Gasteiger partial charge in [0.25, 0.3) is 0 Å². The first-order valence-electron chi connectivity index (χ1n) is 9.14. The van der Waals surface area contributed by atoms with Crippen LogP contribution >= 0.6 is 0 Å². The highest BCUT2D eigenvalue weighted by Crippen LogP contribution is 2.42. The van der Waals surface area contributed by atoms with Gasteiger partial charge < -0.3 is 9.53 Å². The molecule has 0 aromatic heterocycles. The van der Waals surface area contributed by atoms with Crippen molar-refractivity contribution in [3.8, 4) is 0 Å². The molecule has 0 bridgehead atoms. The van der Waals surface area contributed by atoms with Gasteiger partial charge in [-0.25, -0.2) is 0 Å². The molecule has 1 fully saturated rings. The summed E-state index contributed by atoms with van der Waals surface area (Å²) in [7, 11) is -1.71. The molecule has 0 radical (unpaired) electrons. The largest absolute Gasteiger partial charge is 0.416 e. The molecule has 0 aliphatic heterocycles. The topological polar surface area (TPSA) is 29.5 Å². The lowest BCUT2D eigenvalue weighted by Crippen LogP contribution is -2.48. The van der Waals surface area contributed by atoms with Crippen molar-refractivity contribution >= 4 is 8.32 Å².